The largest absolute Gasteiger partial charge is 0.492 e. The second-order valence-corrected chi connectivity index (χ2v) is 16.9. The SMILES string of the molecule is CCCCCCCCCCCCCCCC/C=C/O[C@H](COC(=O)CCCCCC[C@H]1C(=O)C[C@@H](O)[C@@H]1/C=C/[C@@H](O)CCCCC)COP(=O)(O)OCCN. The minimum Gasteiger partial charge on any atom is -0.492 e. The maximum absolute atomic E-state index is 12.6. The van der Waals surface area contributed by atoms with E-state index in [4.69, 9.17) is 24.3 Å². The number of hydrogen-bond donors (Lipinski definition) is 4. The van der Waals surface area contributed by atoms with Gasteiger partial charge in [0.05, 0.1) is 31.7 Å². The van der Waals surface area contributed by atoms with Crippen LogP contribution in [0.15, 0.2) is 24.5 Å². The van der Waals surface area contributed by atoms with E-state index in [2.05, 4.69) is 13.8 Å². The van der Waals surface area contributed by atoms with Gasteiger partial charge in [0.15, 0.2) is 6.10 Å². The molecule has 0 spiro atoms. The van der Waals surface area contributed by atoms with E-state index in [0.29, 0.717) is 19.3 Å². The number of unbranched alkanes of at least 4 members (excludes halogenated alkanes) is 19. The van der Waals surface area contributed by atoms with Crippen LogP contribution in [0.4, 0.5) is 0 Å². The molecule has 1 unspecified atom stereocenters. The number of phosphoric acid groups is 1. The summed E-state index contributed by atoms with van der Waals surface area (Å²) in [6.07, 6.45) is 31.9. The van der Waals surface area contributed by atoms with Gasteiger partial charge in [0.2, 0.25) is 0 Å². The molecule has 1 saturated carbocycles. The van der Waals surface area contributed by atoms with Gasteiger partial charge in [-0.3, -0.25) is 18.6 Å². The van der Waals surface area contributed by atoms with Crippen molar-refractivity contribution >= 4 is 19.6 Å². The first-order valence-electron chi connectivity index (χ1n) is 22.0. The lowest BCUT2D eigenvalue weighted by atomic mass is 9.88. The lowest BCUT2D eigenvalue weighted by Gasteiger charge is -2.19. The first-order valence-corrected chi connectivity index (χ1v) is 23.5. The lowest BCUT2D eigenvalue weighted by Crippen LogP contribution is -2.25. The van der Waals surface area contributed by atoms with E-state index >= 15 is 0 Å². The van der Waals surface area contributed by atoms with Crippen LogP contribution in [-0.4, -0.2) is 71.5 Å². The molecule has 12 heteroatoms. The smallest absolute Gasteiger partial charge is 0.472 e. The van der Waals surface area contributed by atoms with Crippen molar-refractivity contribution in [2.24, 2.45) is 17.6 Å². The van der Waals surface area contributed by atoms with E-state index in [0.717, 1.165) is 57.8 Å². The number of esters is 1. The molecule has 0 aromatic heterocycles. The molecule has 0 heterocycles. The molecule has 0 amide bonds. The van der Waals surface area contributed by atoms with Crippen molar-refractivity contribution in [2.75, 3.05) is 26.4 Å². The first kappa shape index (κ1) is 51.4. The molecule has 322 valence electrons. The maximum Gasteiger partial charge on any atom is 0.472 e. The summed E-state index contributed by atoms with van der Waals surface area (Å²) < 4.78 is 33.2. The number of ketones is 1. The summed E-state index contributed by atoms with van der Waals surface area (Å²) in [5, 5.41) is 20.7. The average molecular weight is 802 g/mol. The molecule has 11 nitrogen and oxygen atoms in total. The number of allylic oxidation sites excluding steroid dienone is 1. The maximum atomic E-state index is 12.6. The highest BCUT2D eigenvalue weighted by Crippen LogP contribution is 2.43. The van der Waals surface area contributed by atoms with E-state index in [-0.39, 0.29) is 56.8 Å². The molecule has 1 fully saturated rings. The third-order valence-corrected chi connectivity index (χ3v) is 11.3. The summed E-state index contributed by atoms with van der Waals surface area (Å²) in [6.45, 7) is 3.86. The fourth-order valence-corrected chi connectivity index (χ4v) is 7.76. The fourth-order valence-electron chi connectivity index (χ4n) is 6.99. The predicted octanol–water partition coefficient (Wildman–Crippen LogP) is 9.80. The zero-order valence-electron chi connectivity index (χ0n) is 34.6. The molecule has 0 aliphatic heterocycles. The van der Waals surface area contributed by atoms with Crippen molar-refractivity contribution in [1.82, 2.24) is 0 Å². The second kappa shape index (κ2) is 34.5. The molecule has 0 saturated heterocycles. The number of carbonyl (C=O) groups excluding carboxylic acids is 2. The molecule has 1 rings (SSSR count). The average Bonchev–Trinajstić information content (AvgIpc) is 3.43. The monoisotopic (exact) mass is 802 g/mol. The van der Waals surface area contributed by atoms with Crippen molar-refractivity contribution in [3.05, 3.63) is 24.5 Å². The van der Waals surface area contributed by atoms with Crippen LogP contribution in [-0.2, 0) is 32.7 Å². The third kappa shape index (κ3) is 28.5. The van der Waals surface area contributed by atoms with E-state index in [9.17, 15) is 29.3 Å². The molecular formula is C43H80NO10P. The van der Waals surface area contributed by atoms with Crippen LogP contribution in [0.25, 0.3) is 0 Å². The van der Waals surface area contributed by atoms with E-state index in [1.54, 1.807) is 6.08 Å². The van der Waals surface area contributed by atoms with Gasteiger partial charge < -0.3 is 30.3 Å². The molecule has 0 radical (unpaired) electrons. The minimum atomic E-state index is -4.32. The molecule has 6 atom stereocenters. The summed E-state index contributed by atoms with van der Waals surface area (Å²) in [5.74, 6) is -0.849. The number of aliphatic hydroxyl groups is 2. The van der Waals surface area contributed by atoms with Gasteiger partial charge >= 0.3 is 13.8 Å². The summed E-state index contributed by atoms with van der Waals surface area (Å²) in [6, 6.07) is 0. The standard InChI is InChI=1S/C43H80NO10P/c1-3-5-7-8-9-10-11-12-13-14-15-16-17-18-21-25-32-51-38(36-54-55(49,50)53-33-31-44)35-52-43(48)28-24-20-19-23-27-39-40(42(47)34-41(39)46)30-29-37(45)26-22-6-4-2/h25,29-30,32,37-40,42,45,47H,3-24,26-28,31,33-36,44H2,1-2H3,(H,49,50)/b30-29+,32-25+/t37-,38+,39+,40+,42+/m0/s1. The first-order chi connectivity index (χ1) is 26.6. The molecule has 5 N–H and O–H groups in total. The number of Topliss-reactive ketones (excluding diaryl/α,β-unsaturated/α-hetero) is 1. The van der Waals surface area contributed by atoms with Gasteiger partial charge in [-0.2, -0.15) is 0 Å². The molecule has 0 bridgehead atoms. The lowest BCUT2D eigenvalue weighted by molar-refractivity contribution is -0.147. The van der Waals surface area contributed by atoms with Crippen molar-refractivity contribution in [3.63, 3.8) is 0 Å². The Balaban J connectivity index is 2.33. The van der Waals surface area contributed by atoms with Gasteiger partial charge in [0.25, 0.3) is 0 Å². The Morgan fingerprint density at radius 2 is 1.42 bits per heavy atom. The molecular weight excluding hydrogens is 721 g/mol. The molecule has 55 heavy (non-hydrogen) atoms. The highest BCUT2D eigenvalue weighted by Gasteiger charge is 2.39. The Morgan fingerprint density at radius 1 is 0.836 bits per heavy atom. The van der Waals surface area contributed by atoms with Crippen LogP contribution in [0.3, 0.4) is 0 Å². The van der Waals surface area contributed by atoms with Crippen molar-refractivity contribution < 1.29 is 47.8 Å². The minimum absolute atomic E-state index is 0.0669. The highest BCUT2D eigenvalue weighted by atomic mass is 31.2. The quantitative estimate of drug-likeness (QED) is 0.0154. The number of ether oxygens (including phenoxy) is 2. The van der Waals surface area contributed by atoms with Crippen LogP contribution >= 0.6 is 7.82 Å². The van der Waals surface area contributed by atoms with E-state index in [1.165, 1.54) is 83.3 Å². The van der Waals surface area contributed by atoms with Crippen molar-refractivity contribution in [3.8, 4) is 0 Å². The van der Waals surface area contributed by atoms with Gasteiger partial charge in [-0.1, -0.05) is 148 Å². The second-order valence-electron chi connectivity index (χ2n) is 15.4. The number of hydrogen-bond acceptors (Lipinski definition) is 10. The summed E-state index contributed by atoms with van der Waals surface area (Å²) >= 11 is 0. The summed E-state index contributed by atoms with van der Waals surface area (Å²) in [7, 11) is -4.32. The Hall–Kier alpha value is -1.59. The van der Waals surface area contributed by atoms with Gasteiger partial charge in [-0.15, -0.1) is 0 Å². The van der Waals surface area contributed by atoms with Crippen LogP contribution in [0.2, 0.25) is 0 Å². The molecule has 0 aromatic rings. The number of aliphatic hydroxyl groups excluding tert-OH is 2. The van der Waals surface area contributed by atoms with Crippen molar-refractivity contribution in [2.45, 2.75) is 199 Å². The fraction of sp³-hybridized carbons (Fsp3) is 0.860. The number of rotatable bonds is 38. The Labute approximate surface area is 334 Å². The number of nitrogens with two attached hydrogens (primary N) is 1. The van der Waals surface area contributed by atoms with E-state index in [1.807, 2.05) is 12.2 Å². The molecule has 1 aliphatic carbocycles. The van der Waals surface area contributed by atoms with Crippen LogP contribution in [0.5, 0.6) is 0 Å². The van der Waals surface area contributed by atoms with Crippen LogP contribution < -0.4 is 5.73 Å². The predicted molar refractivity (Wildman–Crippen MR) is 220 cm³/mol. The molecule has 0 aromatic carbocycles. The Morgan fingerprint density at radius 3 is 2.05 bits per heavy atom. The van der Waals surface area contributed by atoms with Crippen LogP contribution in [0.1, 0.15) is 181 Å². The van der Waals surface area contributed by atoms with Gasteiger partial charge in [0.1, 0.15) is 12.4 Å². The zero-order chi connectivity index (χ0) is 40.4. The van der Waals surface area contributed by atoms with Gasteiger partial charge in [0, 0.05) is 31.2 Å². The Bertz CT molecular complexity index is 1060. The summed E-state index contributed by atoms with van der Waals surface area (Å²) in [4.78, 5) is 35.0. The van der Waals surface area contributed by atoms with E-state index < -0.39 is 32.1 Å². The molecule has 1 aliphatic rings. The van der Waals surface area contributed by atoms with Crippen molar-refractivity contribution in [1.29, 1.82) is 0 Å². The van der Waals surface area contributed by atoms with Crippen LogP contribution in [0, 0.1) is 11.8 Å². The van der Waals surface area contributed by atoms with Gasteiger partial charge in [-0.25, -0.2) is 4.57 Å². The third-order valence-electron chi connectivity index (χ3n) is 10.4. The number of phosphoric ester groups is 1. The normalized spacial score (nSPS) is 19.7. The Kier molecular flexibility index (Phi) is 32.2. The highest BCUT2D eigenvalue weighted by molar-refractivity contribution is 7.47. The topological polar surface area (TPSA) is 175 Å². The zero-order valence-corrected chi connectivity index (χ0v) is 35.5. The van der Waals surface area contributed by atoms with Gasteiger partial charge in [-0.05, 0) is 38.2 Å². The summed E-state index contributed by atoms with van der Waals surface area (Å²) in [5.41, 5.74) is 5.36. The number of carbonyl (C=O) groups is 2.